The lowest BCUT2D eigenvalue weighted by Crippen LogP contribution is -2.39. The summed E-state index contributed by atoms with van der Waals surface area (Å²) in [6, 6.07) is 7.39. The fourth-order valence-electron chi connectivity index (χ4n) is 2.51. The summed E-state index contributed by atoms with van der Waals surface area (Å²) in [6.45, 7) is 4.77. The van der Waals surface area contributed by atoms with Crippen molar-refractivity contribution in [2.24, 2.45) is 5.92 Å². The average Bonchev–Trinajstić information content (AvgIpc) is 2.90. The maximum atomic E-state index is 13.7. The van der Waals surface area contributed by atoms with Gasteiger partial charge in [-0.1, -0.05) is 25.1 Å². The molecular formula is C15H22FNO. The van der Waals surface area contributed by atoms with Gasteiger partial charge in [0.2, 0.25) is 0 Å². The van der Waals surface area contributed by atoms with Crippen molar-refractivity contribution in [1.29, 1.82) is 0 Å². The Kier molecular flexibility index (Phi) is 5.14. The molecule has 1 aromatic rings. The Labute approximate surface area is 109 Å². The minimum atomic E-state index is -0.0975. The van der Waals surface area contributed by atoms with Gasteiger partial charge in [0.25, 0.3) is 0 Å². The molecule has 18 heavy (non-hydrogen) atoms. The molecule has 0 aromatic heterocycles. The third-order valence-electron chi connectivity index (χ3n) is 3.59. The molecule has 0 saturated carbocycles. The molecule has 1 aliphatic rings. The zero-order chi connectivity index (χ0) is 12.8. The van der Waals surface area contributed by atoms with E-state index in [1.807, 2.05) is 12.1 Å². The molecule has 1 aromatic carbocycles. The van der Waals surface area contributed by atoms with E-state index < -0.39 is 0 Å². The molecule has 100 valence electrons. The quantitative estimate of drug-likeness (QED) is 0.839. The van der Waals surface area contributed by atoms with Crippen molar-refractivity contribution in [2.75, 3.05) is 19.8 Å². The van der Waals surface area contributed by atoms with Gasteiger partial charge in [-0.3, -0.25) is 0 Å². The van der Waals surface area contributed by atoms with E-state index in [1.165, 1.54) is 6.07 Å². The molecule has 1 aliphatic heterocycles. The fraction of sp³-hybridized carbons (Fsp3) is 0.600. The maximum Gasteiger partial charge on any atom is 0.126 e. The maximum absolute atomic E-state index is 13.7. The molecule has 0 bridgehead atoms. The van der Waals surface area contributed by atoms with Crippen LogP contribution in [0.15, 0.2) is 24.3 Å². The van der Waals surface area contributed by atoms with Gasteiger partial charge in [0.05, 0.1) is 6.61 Å². The van der Waals surface area contributed by atoms with Crippen LogP contribution >= 0.6 is 0 Å². The van der Waals surface area contributed by atoms with E-state index in [2.05, 4.69) is 12.2 Å². The van der Waals surface area contributed by atoms with Crippen molar-refractivity contribution in [3.8, 4) is 0 Å². The van der Waals surface area contributed by atoms with Gasteiger partial charge in [-0.15, -0.1) is 0 Å². The molecular weight excluding hydrogens is 229 g/mol. The van der Waals surface area contributed by atoms with Crippen LogP contribution in [0.4, 0.5) is 4.39 Å². The molecule has 2 rings (SSSR count). The normalized spacial score (nSPS) is 21.1. The van der Waals surface area contributed by atoms with E-state index in [0.29, 0.717) is 12.0 Å². The van der Waals surface area contributed by atoms with E-state index >= 15 is 0 Å². The number of benzene rings is 1. The first kappa shape index (κ1) is 13.5. The van der Waals surface area contributed by atoms with Crippen molar-refractivity contribution < 1.29 is 9.13 Å². The number of nitrogens with one attached hydrogen (secondary N) is 1. The van der Waals surface area contributed by atoms with Crippen molar-refractivity contribution in [3.05, 3.63) is 35.6 Å². The van der Waals surface area contributed by atoms with Gasteiger partial charge in [0.1, 0.15) is 5.82 Å². The summed E-state index contributed by atoms with van der Waals surface area (Å²) in [6.07, 6.45) is 2.93. The summed E-state index contributed by atoms with van der Waals surface area (Å²) in [4.78, 5) is 0. The highest BCUT2D eigenvalue weighted by molar-refractivity contribution is 5.18. The Morgan fingerprint density at radius 3 is 2.94 bits per heavy atom. The summed E-state index contributed by atoms with van der Waals surface area (Å²) in [5.74, 6) is 0.413. The zero-order valence-corrected chi connectivity index (χ0v) is 11.0. The largest absolute Gasteiger partial charge is 0.381 e. The van der Waals surface area contributed by atoms with Crippen LogP contribution in [0.2, 0.25) is 0 Å². The molecule has 1 N–H and O–H groups in total. The lowest BCUT2D eigenvalue weighted by molar-refractivity contribution is 0.176. The number of hydrogen-bond acceptors (Lipinski definition) is 2. The SMILES string of the molecule is CCCNC(Cc1ccccc1F)C1CCOC1. The molecule has 0 spiro atoms. The molecule has 2 nitrogen and oxygen atoms in total. The van der Waals surface area contributed by atoms with Crippen molar-refractivity contribution >= 4 is 0 Å². The highest BCUT2D eigenvalue weighted by atomic mass is 19.1. The lowest BCUT2D eigenvalue weighted by atomic mass is 9.92. The van der Waals surface area contributed by atoms with Crippen molar-refractivity contribution in [2.45, 2.75) is 32.2 Å². The number of halogens is 1. The van der Waals surface area contributed by atoms with E-state index in [1.54, 1.807) is 6.07 Å². The van der Waals surface area contributed by atoms with E-state index in [-0.39, 0.29) is 5.82 Å². The van der Waals surface area contributed by atoms with E-state index in [4.69, 9.17) is 4.74 Å². The first-order valence-electron chi connectivity index (χ1n) is 6.85. The van der Waals surface area contributed by atoms with Crippen LogP contribution in [0.5, 0.6) is 0 Å². The third-order valence-corrected chi connectivity index (χ3v) is 3.59. The van der Waals surface area contributed by atoms with Gasteiger partial charge < -0.3 is 10.1 Å². The predicted molar refractivity (Wildman–Crippen MR) is 71.1 cm³/mol. The first-order valence-corrected chi connectivity index (χ1v) is 6.85. The Morgan fingerprint density at radius 1 is 1.44 bits per heavy atom. The second-order valence-electron chi connectivity index (χ2n) is 4.98. The smallest absolute Gasteiger partial charge is 0.126 e. The molecule has 0 radical (unpaired) electrons. The van der Waals surface area contributed by atoms with Crippen molar-refractivity contribution in [1.82, 2.24) is 5.32 Å². The molecule has 0 aliphatic carbocycles. The van der Waals surface area contributed by atoms with Gasteiger partial charge in [0, 0.05) is 18.6 Å². The highest BCUT2D eigenvalue weighted by Crippen LogP contribution is 2.21. The van der Waals surface area contributed by atoms with Crippen LogP contribution in [-0.4, -0.2) is 25.8 Å². The molecule has 0 amide bonds. The molecule has 1 saturated heterocycles. The minimum absolute atomic E-state index is 0.0975. The number of ether oxygens (including phenoxy) is 1. The van der Waals surface area contributed by atoms with Crippen LogP contribution in [0, 0.1) is 11.7 Å². The Bertz CT molecular complexity index is 363. The summed E-state index contributed by atoms with van der Waals surface area (Å²) in [5.41, 5.74) is 0.804. The first-order chi connectivity index (χ1) is 8.81. The van der Waals surface area contributed by atoms with Gasteiger partial charge in [-0.2, -0.15) is 0 Å². The topological polar surface area (TPSA) is 21.3 Å². The van der Waals surface area contributed by atoms with Gasteiger partial charge in [0.15, 0.2) is 0 Å². The summed E-state index contributed by atoms with van der Waals surface area (Å²) < 4.78 is 19.2. The zero-order valence-electron chi connectivity index (χ0n) is 11.0. The minimum Gasteiger partial charge on any atom is -0.381 e. The molecule has 2 unspecified atom stereocenters. The molecule has 1 fully saturated rings. The monoisotopic (exact) mass is 251 g/mol. The van der Waals surface area contributed by atoms with E-state index in [0.717, 1.165) is 44.6 Å². The lowest BCUT2D eigenvalue weighted by Gasteiger charge is -2.24. The van der Waals surface area contributed by atoms with Gasteiger partial charge in [-0.05, 0) is 37.4 Å². The molecule has 1 heterocycles. The summed E-state index contributed by atoms with van der Waals surface area (Å²) >= 11 is 0. The van der Waals surface area contributed by atoms with E-state index in [9.17, 15) is 4.39 Å². The summed E-state index contributed by atoms with van der Waals surface area (Å²) in [7, 11) is 0. The average molecular weight is 251 g/mol. The predicted octanol–water partition coefficient (Wildman–Crippen LogP) is 2.77. The summed E-state index contributed by atoms with van der Waals surface area (Å²) in [5, 5.41) is 3.54. The standard InChI is InChI=1S/C15H22FNO/c1-2-8-17-15(13-7-9-18-11-13)10-12-5-3-4-6-14(12)16/h3-6,13,15,17H,2,7-11H2,1H3. The van der Waals surface area contributed by atoms with Gasteiger partial charge in [-0.25, -0.2) is 4.39 Å². The molecule has 2 atom stereocenters. The van der Waals surface area contributed by atoms with Crippen LogP contribution in [-0.2, 0) is 11.2 Å². The second kappa shape index (κ2) is 6.86. The van der Waals surface area contributed by atoms with Crippen molar-refractivity contribution in [3.63, 3.8) is 0 Å². The van der Waals surface area contributed by atoms with Crippen LogP contribution < -0.4 is 5.32 Å². The number of rotatable bonds is 6. The molecule has 3 heteroatoms. The van der Waals surface area contributed by atoms with Crippen LogP contribution in [0.1, 0.15) is 25.3 Å². The third kappa shape index (κ3) is 3.53. The van der Waals surface area contributed by atoms with Crippen LogP contribution in [0.25, 0.3) is 0 Å². The Hall–Kier alpha value is -0.930. The number of hydrogen-bond donors (Lipinski definition) is 1. The van der Waals surface area contributed by atoms with Gasteiger partial charge >= 0.3 is 0 Å². The Balaban J connectivity index is 2.02. The Morgan fingerprint density at radius 2 is 2.28 bits per heavy atom. The highest BCUT2D eigenvalue weighted by Gasteiger charge is 2.25. The second-order valence-corrected chi connectivity index (χ2v) is 4.98. The van der Waals surface area contributed by atoms with Crippen LogP contribution in [0.3, 0.4) is 0 Å². The fourth-order valence-corrected chi connectivity index (χ4v) is 2.51.